The van der Waals surface area contributed by atoms with Crippen molar-refractivity contribution in [1.29, 1.82) is 0 Å². The average molecular weight is 269 g/mol. The standard InChI is InChI=1S/C14H17ClO3/c1-5-10-7-8-12(11(15)9-10)18-14(3,4)13(16)17-6-2/h5,7-9H,1,6H2,2-4H3. The van der Waals surface area contributed by atoms with Crippen LogP contribution in [-0.2, 0) is 9.53 Å². The molecule has 1 aromatic carbocycles. The first-order valence-electron chi connectivity index (χ1n) is 5.69. The van der Waals surface area contributed by atoms with E-state index in [1.54, 1.807) is 39.0 Å². The van der Waals surface area contributed by atoms with Crippen molar-refractivity contribution < 1.29 is 14.3 Å². The van der Waals surface area contributed by atoms with Crippen molar-refractivity contribution in [1.82, 2.24) is 0 Å². The normalized spacial score (nSPS) is 10.9. The Morgan fingerprint density at radius 1 is 1.50 bits per heavy atom. The van der Waals surface area contributed by atoms with Gasteiger partial charge in [-0.05, 0) is 38.5 Å². The molecule has 18 heavy (non-hydrogen) atoms. The lowest BCUT2D eigenvalue weighted by Crippen LogP contribution is -2.39. The highest BCUT2D eigenvalue weighted by Crippen LogP contribution is 2.29. The van der Waals surface area contributed by atoms with E-state index < -0.39 is 11.6 Å². The van der Waals surface area contributed by atoms with Crippen LogP contribution in [0.25, 0.3) is 6.08 Å². The van der Waals surface area contributed by atoms with E-state index in [1.165, 1.54) is 0 Å². The van der Waals surface area contributed by atoms with E-state index in [0.29, 0.717) is 17.4 Å². The van der Waals surface area contributed by atoms with Crippen molar-refractivity contribution >= 4 is 23.6 Å². The second kappa shape index (κ2) is 5.91. The Morgan fingerprint density at radius 3 is 2.67 bits per heavy atom. The maximum atomic E-state index is 11.7. The molecule has 0 heterocycles. The lowest BCUT2D eigenvalue weighted by Gasteiger charge is -2.24. The molecule has 0 atom stereocenters. The van der Waals surface area contributed by atoms with Crippen LogP contribution in [0.3, 0.4) is 0 Å². The maximum Gasteiger partial charge on any atom is 0.349 e. The summed E-state index contributed by atoms with van der Waals surface area (Å²) in [5, 5.41) is 0.435. The summed E-state index contributed by atoms with van der Waals surface area (Å²) >= 11 is 6.07. The number of ether oxygens (including phenoxy) is 2. The van der Waals surface area contributed by atoms with Crippen molar-refractivity contribution in [2.24, 2.45) is 0 Å². The van der Waals surface area contributed by atoms with Gasteiger partial charge in [-0.25, -0.2) is 4.79 Å². The molecule has 0 aliphatic carbocycles. The first-order valence-corrected chi connectivity index (χ1v) is 6.06. The van der Waals surface area contributed by atoms with E-state index in [4.69, 9.17) is 21.1 Å². The molecule has 1 aromatic rings. The highest BCUT2D eigenvalue weighted by atomic mass is 35.5. The summed E-state index contributed by atoms with van der Waals surface area (Å²) in [6.45, 7) is 9.00. The molecule has 0 saturated carbocycles. The van der Waals surface area contributed by atoms with Gasteiger partial charge in [0, 0.05) is 0 Å². The molecule has 0 aliphatic heterocycles. The molecule has 0 radical (unpaired) electrons. The average Bonchev–Trinajstić information content (AvgIpc) is 2.32. The summed E-state index contributed by atoms with van der Waals surface area (Å²) in [5.41, 5.74) is -0.184. The highest BCUT2D eigenvalue weighted by Gasteiger charge is 2.32. The third kappa shape index (κ3) is 3.50. The van der Waals surface area contributed by atoms with E-state index in [0.717, 1.165) is 5.56 Å². The van der Waals surface area contributed by atoms with Gasteiger partial charge in [0.2, 0.25) is 0 Å². The molecular weight excluding hydrogens is 252 g/mol. The number of halogens is 1. The molecule has 0 unspecified atom stereocenters. The van der Waals surface area contributed by atoms with Crippen LogP contribution in [0, 0.1) is 0 Å². The number of carbonyl (C=O) groups excluding carboxylic acids is 1. The van der Waals surface area contributed by atoms with Gasteiger partial charge in [0.15, 0.2) is 5.60 Å². The molecule has 0 N–H and O–H groups in total. The molecular formula is C14H17ClO3. The molecule has 0 amide bonds. The van der Waals surface area contributed by atoms with Crippen LogP contribution >= 0.6 is 11.6 Å². The molecule has 1 rings (SSSR count). The summed E-state index contributed by atoms with van der Waals surface area (Å²) < 4.78 is 10.5. The van der Waals surface area contributed by atoms with E-state index in [9.17, 15) is 4.79 Å². The smallest absolute Gasteiger partial charge is 0.349 e. The third-order valence-corrected chi connectivity index (χ3v) is 2.62. The zero-order chi connectivity index (χ0) is 13.8. The van der Waals surface area contributed by atoms with Crippen molar-refractivity contribution in [2.45, 2.75) is 26.4 Å². The Morgan fingerprint density at radius 2 is 2.17 bits per heavy atom. The number of hydrogen-bond donors (Lipinski definition) is 0. The number of esters is 1. The van der Waals surface area contributed by atoms with Crippen molar-refractivity contribution in [3.8, 4) is 5.75 Å². The minimum absolute atomic E-state index is 0.314. The topological polar surface area (TPSA) is 35.5 Å². The summed E-state index contributed by atoms with van der Waals surface area (Å²) in [7, 11) is 0. The van der Waals surface area contributed by atoms with E-state index >= 15 is 0 Å². The number of benzene rings is 1. The second-order valence-corrected chi connectivity index (χ2v) is 4.63. The Bertz CT molecular complexity index is 452. The molecule has 4 heteroatoms. The molecule has 0 aliphatic rings. The largest absolute Gasteiger partial charge is 0.475 e. The zero-order valence-electron chi connectivity index (χ0n) is 10.8. The van der Waals surface area contributed by atoms with E-state index in [-0.39, 0.29) is 0 Å². The number of hydrogen-bond acceptors (Lipinski definition) is 3. The highest BCUT2D eigenvalue weighted by molar-refractivity contribution is 6.32. The fourth-order valence-electron chi connectivity index (χ4n) is 1.35. The van der Waals surface area contributed by atoms with Gasteiger partial charge in [-0.2, -0.15) is 0 Å². The molecule has 3 nitrogen and oxygen atoms in total. The summed E-state index contributed by atoms with van der Waals surface area (Å²) in [5.74, 6) is 0.0224. The SMILES string of the molecule is C=Cc1ccc(OC(C)(C)C(=O)OCC)c(Cl)c1. The van der Waals surface area contributed by atoms with Crippen LogP contribution in [0.1, 0.15) is 26.3 Å². The van der Waals surface area contributed by atoms with Gasteiger partial charge < -0.3 is 9.47 Å². The predicted octanol–water partition coefficient (Wildman–Crippen LogP) is 3.70. The minimum atomic E-state index is -1.07. The van der Waals surface area contributed by atoms with Crippen LogP contribution in [-0.4, -0.2) is 18.2 Å². The molecule has 0 saturated heterocycles. The first kappa shape index (κ1) is 14.6. The van der Waals surface area contributed by atoms with Crippen LogP contribution in [0.5, 0.6) is 5.75 Å². The van der Waals surface area contributed by atoms with Crippen molar-refractivity contribution in [3.63, 3.8) is 0 Å². The monoisotopic (exact) mass is 268 g/mol. The third-order valence-electron chi connectivity index (χ3n) is 2.32. The lowest BCUT2D eigenvalue weighted by atomic mass is 10.1. The molecule has 0 fully saturated rings. The Labute approximate surface area is 112 Å². The van der Waals surface area contributed by atoms with Gasteiger partial charge in [-0.3, -0.25) is 0 Å². The number of rotatable bonds is 5. The molecule has 0 spiro atoms. The Hall–Kier alpha value is -1.48. The van der Waals surface area contributed by atoms with Crippen molar-refractivity contribution in [3.05, 3.63) is 35.4 Å². The summed E-state index contributed by atoms with van der Waals surface area (Å²) in [6, 6.07) is 5.25. The fraction of sp³-hybridized carbons (Fsp3) is 0.357. The second-order valence-electron chi connectivity index (χ2n) is 4.23. The lowest BCUT2D eigenvalue weighted by molar-refractivity contribution is -0.158. The van der Waals surface area contributed by atoms with E-state index in [2.05, 4.69) is 6.58 Å². The molecule has 98 valence electrons. The van der Waals surface area contributed by atoms with Gasteiger partial charge in [-0.15, -0.1) is 0 Å². The van der Waals surface area contributed by atoms with Gasteiger partial charge >= 0.3 is 5.97 Å². The summed E-state index contributed by atoms with van der Waals surface area (Å²) in [4.78, 5) is 11.7. The molecule has 0 aromatic heterocycles. The summed E-state index contributed by atoms with van der Waals surface area (Å²) in [6.07, 6.45) is 1.69. The quantitative estimate of drug-likeness (QED) is 0.764. The van der Waals surface area contributed by atoms with E-state index in [1.807, 2.05) is 6.07 Å². The van der Waals surface area contributed by atoms with Gasteiger partial charge in [0.25, 0.3) is 0 Å². The van der Waals surface area contributed by atoms with Crippen LogP contribution < -0.4 is 4.74 Å². The van der Waals surface area contributed by atoms with Gasteiger partial charge in [0.1, 0.15) is 5.75 Å². The number of carbonyl (C=O) groups is 1. The minimum Gasteiger partial charge on any atom is -0.475 e. The zero-order valence-corrected chi connectivity index (χ0v) is 11.6. The first-order chi connectivity index (χ1) is 8.40. The van der Waals surface area contributed by atoms with Gasteiger partial charge in [-0.1, -0.05) is 30.3 Å². The van der Waals surface area contributed by atoms with Crippen LogP contribution in [0.4, 0.5) is 0 Å². The fourth-order valence-corrected chi connectivity index (χ4v) is 1.58. The van der Waals surface area contributed by atoms with Crippen LogP contribution in [0.15, 0.2) is 24.8 Å². The molecule has 0 bridgehead atoms. The van der Waals surface area contributed by atoms with Crippen molar-refractivity contribution in [2.75, 3.05) is 6.61 Å². The Kier molecular flexibility index (Phi) is 4.79. The van der Waals surface area contributed by atoms with Crippen LogP contribution in [0.2, 0.25) is 5.02 Å². The predicted molar refractivity (Wildman–Crippen MR) is 72.9 cm³/mol. The maximum absolute atomic E-state index is 11.7. The Balaban J connectivity index is 2.90. The van der Waals surface area contributed by atoms with Gasteiger partial charge in [0.05, 0.1) is 11.6 Å².